The summed E-state index contributed by atoms with van der Waals surface area (Å²) in [5.74, 6) is -1.16. The number of amides is 1. The number of hydrogen-bond donors (Lipinski definition) is 3. The Morgan fingerprint density at radius 2 is 1.69 bits per heavy atom. The van der Waals surface area contributed by atoms with Crippen molar-refractivity contribution in [2.45, 2.75) is 65.1 Å². The Balaban J connectivity index is 2.51. The highest BCUT2D eigenvalue weighted by Crippen LogP contribution is 2.29. The smallest absolute Gasteiger partial charge is 0.386 e. The number of nitrogens with one attached hydrogen (secondary N) is 2. The van der Waals surface area contributed by atoms with Crippen LogP contribution in [-0.2, 0) is 28.0 Å². The first-order valence-corrected chi connectivity index (χ1v) is 14.2. The van der Waals surface area contributed by atoms with E-state index in [0.29, 0.717) is 24.9 Å². The number of hydrogen-bond acceptors (Lipinski definition) is 5. The van der Waals surface area contributed by atoms with Crippen LogP contribution in [0.4, 0.5) is 4.39 Å². The van der Waals surface area contributed by atoms with Gasteiger partial charge in [-0.2, -0.15) is 12.3 Å². The molecule has 0 heterocycles. The van der Waals surface area contributed by atoms with Crippen LogP contribution in [0.15, 0.2) is 48.5 Å². The highest BCUT2D eigenvalue weighted by molar-refractivity contribution is 7.84. The number of carbonyl (C=O) groups excluding carboxylic acids is 1. The van der Waals surface area contributed by atoms with Crippen molar-refractivity contribution in [1.29, 1.82) is 0 Å². The van der Waals surface area contributed by atoms with Crippen LogP contribution in [0.2, 0.25) is 5.02 Å². The van der Waals surface area contributed by atoms with E-state index in [2.05, 4.69) is 10.0 Å². The van der Waals surface area contributed by atoms with Gasteiger partial charge in [-0.15, -0.1) is 0 Å². The Morgan fingerprint density at radius 1 is 1.06 bits per heavy atom. The molecule has 1 amide bonds. The van der Waals surface area contributed by atoms with E-state index >= 15 is 0 Å². The van der Waals surface area contributed by atoms with E-state index < -0.39 is 38.0 Å². The molecule has 0 aliphatic heterocycles. The summed E-state index contributed by atoms with van der Waals surface area (Å²) < 4.78 is 43.4. The summed E-state index contributed by atoms with van der Waals surface area (Å²) in [6.45, 7) is 6.22. The van der Waals surface area contributed by atoms with Crippen molar-refractivity contribution in [3.8, 4) is 0 Å². The van der Waals surface area contributed by atoms with Crippen LogP contribution < -0.4 is 10.0 Å². The van der Waals surface area contributed by atoms with Crippen molar-refractivity contribution < 1.29 is 26.6 Å². The number of quaternary nitrogens is 1. The van der Waals surface area contributed by atoms with Crippen LogP contribution in [0, 0.1) is 5.82 Å². The topological polar surface area (TPSA) is 95.5 Å². The molecule has 2 atom stereocenters. The maximum absolute atomic E-state index is 14.2. The van der Waals surface area contributed by atoms with E-state index in [1.165, 1.54) is 12.1 Å². The Morgan fingerprint density at radius 3 is 2.25 bits per heavy atom. The molecule has 0 saturated heterocycles. The number of benzene rings is 2. The predicted molar refractivity (Wildman–Crippen MR) is 141 cm³/mol. The third kappa shape index (κ3) is 7.98. The Bertz CT molecular complexity index is 1060. The molecule has 2 unspecified atom stereocenters. The van der Waals surface area contributed by atoms with E-state index in [4.69, 9.17) is 11.6 Å². The number of aliphatic hydroxyl groups is 1. The van der Waals surface area contributed by atoms with Gasteiger partial charge in [-0.25, -0.2) is 9.11 Å². The highest BCUT2D eigenvalue weighted by atomic mass is 35.5. The summed E-state index contributed by atoms with van der Waals surface area (Å²) in [5, 5.41) is 14.8. The standard InChI is InChI=1S/C26H37ClFN3O4S/c1-4-12-31(13-5-2,36(34,35)30-26(33)6-3)24(16-21-14-22(27)17-23(28)15-21)25(32)19-29-18-20-10-8-7-9-11-20/h7-11,14-15,17,24-25,29,32H,4-6,12-13,16,18-19H2,1-3H3/p+1. The lowest BCUT2D eigenvalue weighted by atomic mass is 9.98. The molecule has 3 N–H and O–H groups in total. The van der Waals surface area contributed by atoms with Crippen LogP contribution in [-0.4, -0.2) is 55.1 Å². The molecule has 36 heavy (non-hydrogen) atoms. The minimum absolute atomic E-state index is 0.00281. The van der Waals surface area contributed by atoms with Gasteiger partial charge in [0.15, 0.2) is 0 Å². The lowest BCUT2D eigenvalue weighted by Gasteiger charge is -2.44. The zero-order valence-electron chi connectivity index (χ0n) is 21.2. The fourth-order valence-corrected chi connectivity index (χ4v) is 6.88. The largest absolute Gasteiger partial charge is 0.396 e. The lowest BCUT2D eigenvalue weighted by molar-refractivity contribution is -0.838. The molecule has 0 spiro atoms. The van der Waals surface area contributed by atoms with Crippen molar-refractivity contribution >= 4 is 27.7 Å². The van der Waals surface area contributed by atoms with Gasteiger partial charge in [-0.05, 0) is 42.2 Å². The van der Waals surface area contributed by atoms with Crippen molar-refractivity contribution in [1.82, 2.24) is 10.0 Å². The second kappa shape index (κ2) is 14.0. The fraction of sp³-hybridized carbons (Fsp3) is 0.500. The van der Waals surface area contributed by atoms with Gasteiger partial charge in [0, 0.05) is 31.0 Å². The first-order valence-electron chi connectivity index (χ1n) is 12.4. The molecule has 200 valence electrons. The number of halogens is 2. The summed E-state index contributed by atoms with van der Waals surface area (Å²) in [6.07, 6.45) is -0.0880. The number of carbonyl (C=O) groups is 1. The van der Waals surface area contributed by atoms with E-state index in [1.54, 1.807) is 13.0 Å². The van der Waals surface area contributed by atoms with Crippen LogP contribution >= 0.6 is 11.6 Å². The third-order valence-electron chi connectivity index (χ3n) is 6.19. The molecule has 0 bridgehead atoms. The molecule has 2 aromatic rings. The molecule has 10 heteroatoms. The lowest BCUT2D eigenvalue weighted by Crippen LogP contribution is -2.68. The second-order valence-electron chi connectivity index (χ2n) is 8.99. The van der Waals surface area contributed by atoms with Crippen LogP contribution in [0.3, 0.4) is 0 Å². The van der Waals surface area contributed by atoms with Gasteiger partial charge in [-0.3, -0.25) is 4.79 Å². The molecule has 0 aliphatic rings. The van der Waals surface area contributed by atoms with E-state index in [0.717, 1.165) is 5.56 Å². The third-order valence-corrected chi connectivity index (χ3v) is 8.49. The maximum Gasteiger partial charge on any atom is 0.396 e. The molecule has 0 radical (unpaired) electrons. The molecule has 7 nitrogen and oxygen atoms in total. The molecule has 0 aliphatic carbocycles. The van der Waals surface area contributed by atoms with Crippen LogP contribution in [0.5, 0.6) is 0 Å². The van der Waals surface area contributed by atoms with Gasteiger partial charge in [0.1, 0.15) is 18.0 Å². The average Bonchev–Trinajstić information content (AvgIpc) is 2.82. The van der Waals surface area contributed by atoms with E-state index in [9.17, 15) is 22.7 Å². The molecule has 0 saturated carbocycles. The maximum atomic E-state index is 14.2. The van der Waals surface area contributed by atoms with Gasteiger partial charge in [0.05, 0.1) is 13.1 Å². The Kier molecular flexibility index (Phi) is 11.8. The minimum Gasteiger partial charge on any atom is -0.386 e. The summed E-state index contributed by atoms with van der Waals surface area (Å²) in [6, 6.07) is 12.8. The summed E-state index contributed by atoms with van der Waals surface area (Å²) in [5.41, 5.74) is 1.49. The Hall–Kier alpha value is -2.04. The summed E-state index contributed by atoms with van der Waals surface area (Å²) in [7, 11) is -4.26. The molecular weight excluding hydrogens is 505 g/mol. The average molecular weight is 543 g/mol. The monoisotopic (exact) mass is 542 g/mol. The molecule has 0 fully saturated rings. The van der Waals surface area contributed by atoms with E-state index in [-0.39, 0.29) is 37.5 Å². The SMILES string of the molecule is CCC[N+](CCC)(C(Cc1cc(F)cc(Cl)c1)C(O)CNCc1ccccc1)S(=O)(=O)NC(=O)CC. The van der Waals surface area contributed by atoms with Crippen LogP contribution in [0.1, 0.15) is 51.2 Å². The number of aliphatic hydroxyl groups excluding tert-OH is 1. The molecular formula is C26H38ClFN3O4S+. The van der Waals surface area contributed by atoms with E-state index in [1.807, 2.05) is 44.2 Å². The van der Waals surface area contributed by atoms with Gasteiger partial charge in [-0.1, -0.05) is 62.7 Å². The number of rotatable bonds is 15. The molecule has 2 rings (SSSR count). The zero-order valence-corrected chi connectivity index (χ0v) is 22.8. The van der Waals surface area contributed by atoms with Crippen molar-refractivity contribution in [3.05, 3.63) is 70.5 Å². The van der Waals surface area contributed by atoms with Crippen molar-refractivity contribution in [2.75, 3.05) is 19.6 Å². The summed E-state index contributed by atoms with van der Waals surface area (Å²) >= 11 is 6.08. The first-order chi connectivity index (χ1) is 17.1. The predicted octanol–water partition coefficient (Wildman–Crippen LogP) is 3.95. The Labute approximate surface area is 219 Å². The van der Waals surface area contributed by atoms with Gasteiger partial charge >= 0.3 is 10.2 Å². The van der Waals surface area contributed by atoms with Gasteiger partial charge in [0.25, 0.3) is 0 Å². The van der Waals surface area contributed by atoms with Crippen LogP contribution in [0.25, 0.3) is 0 Å². The fourth-order valence-electron chi connectivity index (χ4n) is 4.61. The van der Waals surface area contributed by atoms with Gasteiger partial charge < -0.3 is 10.4 Å². The second-order valence-corrected chi connectivity index (χ2v) is 11.3. The normalized spacial score (nSPS) is 13.8. The molecule has 2 aromatic carbocycles. The highest BCUT2D eigenvalue weighted by Gasteiger charge is 2.51. The van der Waals surface area contributed by atoms with Crippen molar-refractivity contribution in [3.63, 3.8) is 0 Å². The van der Waals surface area contributed by atoms with Crippen molar-refractivity contribution in [2.24, 2.45) is 0 Å². The number of nitrogens with zero attached hydrogens (tertiary/aromatic N) is 1. The summed E-state index contributed by atoms with van der Waals surface area (Å²) in [4.78, 5) is 12.2. The quantitative estimate of drug-likeness (QED) is 0.296. The minimum atomic E-state index is -4.26. The zero-order chi connectivity index (χ0) is 26.8. The first kappa shape index (κ1) is 30.2. The van der Waals surface area contributed by atoms with Gasteiger partial charge in [0.2, 0.25) is 5.91 Å². The molecule has 0 aromatic heterocycles.